The quantitative estimate of drug-likeness (QED) is 0.808. The van der Waals surface area contributed by atoms with Crippen molar-refractivity contribution >= 4 is 27.3 Å². The van der Waals surface area contributed by atoms with Crippen LogP contribution in [0, 0.1) is 5.92 Å². The van der Waals surface area contributed by atoms with Crippen LogP contribution >= 0.6 is 11.6 Å². The number of hydrogen-bond acceptors (Lipinski definition) is 4. The first-order valence-corrected chi connectivity index (χ1v) is 8.94. The summed E-state index contributed by atoms with van der Waals surface area (Å²) in [4.78, 5) is 2.44. The van der Waals surface area contributed by atoms with Gasteiger partial charge in [0, 0.05) is 24.8 Å². The van der Waals surface area contributed by atoms with Gasteiger partial charge in [-0.15, -0.1) is 0 Å². The third-order valence-electron chi connectivity index (χ3n) is 3.86. The molecule has 0 amide bonds. The molecule has 2 rings (SSSR count). The zero-order valence-electron chi connectivity index (χ0n) is 12.3. The van der Waals surface area contributed by atoms with E-state index >= 15 is 0 Å². The van der Waals surface area contributed by atoms with Crippen LogP contribution in [0.3, 0.4) is 0 Å². The van der Waals surface area contributed by atoms with Crippen LogP contribution < -0.4 is 10.5 Å². The van der Waals surface area contributed by atoms with E-state index in [1.807, 2.05) is 0 Å². The summed E-state index contributed by atoms with van der Waals surface area (Å²) < 4.78 is 27.2. The summed E-state index contributed by atoms with van der Waals surface area (Å²) in [6.07, 6.45) is 1.01. The first kappa shape index (κ1) is 16.5. The van der Waals surface area contributed by atoms with Crippen LogP contribution in [0.25, 0.3) is 0 Å². The molecule has 118 valence electrons. The van der Waals surface area contributed by atoms with Crippen LogP contribution in [0.5, 0.6) is 0 Å². The number of benzene rings is 1. The second-order valence-electron chi connectivity index (χ2n) is 5.79. The molecule has 21 heavy (non-hydrogen) atoms. The molecule has 1 fully saturated rings. The predicted molar refractivity (Wildman–Crippen MR) is 85.9 cm³/mol. The smallest absolute Gasteiger partial charge is 0.242 e. The molecule has 1 heterocycles. The van der Waals surface area contributed by atoms with Crippen LogP contribution in [-0.2, 0) is 10.0 Å². The molecule has 1 aliphatic heterocycles. The highest BCUT2D eigenvalue weighted by Gasteiger charge is 2.26. The summed E-state index contributed by atoms with van der Waals surface area (Å²) in [6.45, 7) is 6.69. The van der Waals surface area contributed by atoms with Gasteiger partial charge in [-0.25, -0.2) is 13.1 Å². The number of sulfonamides is 1. The van der Waals surface area contributed by atoms with Crippen molar-refractivity contribution in [2.45, 2.75) is 31.2 Å². The van der Waals surface area contributed by atoms with E-state index < -0.39 is 10.0 Å². The Balaban J connectivity index is 1.99. The fraction of sp³-hybridized carbons (Fsp3) is 0.571. The van der Waals surface area contributed by atoms with E-state index in [9.17, 15) is 8.42 Å². The number of rotatable bonds is 5. The van der Waals surface area contributed by atoms with Crippen molar-refractivity contribution < 1.29 is 8.42 Å². The summed E-state index contributed by atoms with van der Waals surface area (Å²) in [5.41, 5.74) is 6.03. The standard InChI is InChI=1S/C14H22ClN3O2S/c1-10(2)18-6-5-11(9-18)8-17-21(19,20)14-4-3-12(16)7-13(14)15/h3-4,7,10-11,17H,5-6,8-9,16H2,1-2H3. The van der Waals surface area contributed by atoms with E-state index in [0.29, 0.717) is 24.2 Å². The molecule has 0 spiro atoms. The van der Waals surface area contributed by atoms with Crippen molar-refractivity contribution in [3.8, 4) is 0 Å². The molecule has 0 radical (unpaired) electrons. The third-order valence-corrected chi connectivity index (χ3v) is 5.76. The maximum absolute atomic E-state index is 12.3. The summed E-state index contributed by atoms with van der Waals surface area (Å²) in [6, 6.07) is 4.93. The molecule has 5 nitrogen and oxygen atoms in total. The Morgan fingerprint density at radius 1 is 1.48 bits per heavy atom. The minimum Gasteiger partial charge on any atom is -0.399 e. The van der Waals surface area contributed by atoms with Crippen molar-refractivity contribution in [3.05, 3.63) is 23.2 Å². The number of halogens is 1. The lowest BCUT2D eigenvalue weighted by Gasteiger charge is -2.20. The maximum Gasteiger partial charge on any atom is 0.242 e. The number of hydrogen-bond donors (Lipinski definition) is 2. The highest BCUT2D eigenvalue weighted by molar-refractivity contribution is 7.89. The summed E-state index contributed by atoms with van der Waals surface area (Å²) in [7, 11) is -3.59. The molecule has 1 atom stereocenters. The number of likely N-dealkylation sites (tertiary alicyclic amines) is 1. The van der Waals surface area contributed by atoms with Gasteiger partial charge in [-0.2, -0.15) is 0 Å². The van der Waals surface area contributed by atoms with Gasteiger partial charge in [-0.1, -0.05) is 11.6 Å². The van der Waals surface area contributed by atoms with E-state index in [-0.39, 0.29) is 9.92 Å². The number of nitrogen functional groups attached to an aromatic ring is 1. The fourth-order valence-corrected chi connectivity index (χ4v) is 4.21. The first-order valence-electron chi connectivity index (χ1n) is 7.08. The summed E-state index contributed by atoms with van der Waals surface area (Å²) in [5, 5.41) is 0.151. The maximum atomic E-state index is 12.3. The molecule has 1 saturated heterocycles. The average molecular weight is 332 g/mol. The van der Waals surface area contributed by atoms with Crippen LogP contribution in [0.2, 0.25) is 5.02 Å². The van der Waals surface area contributed by atoms with Crippen molar-refractivity contribution in [2.75, 3.05) is 25.4 Å². The van der Waals surface area contributed by atoms with E-state index in [4.69, 9.17) is 17.3 Å². The highest BCUT2D eigenvalue weighted by Crippen LogP contribution is 2.24. The monoisotopic (exact) mass is 331 g/mol. The Morgan fingerprint density at radius 3 is 2.76 bits per heavy atom. The van der Waals surface area contributed by atoms with E-state index in [1.54, 1.807) is 0 Å². The zero-order chi connectivity index (χ0) is 15.6. The Kier molecular flexibility index (Phi) is 5.14. The molecule has 0 aromatic heterocycles. The van der Waals surface area contributed by atoms with Crippen molar-refractivity contribution in [2.24, 2.45) is 5.92 Å². The van der Waals surface area contributed by atoms with Crippen LogP contribution in [-0.4, -0.2) is 39.0 Å². The number of anilines is 1. The predicted octanol–water partition coefficient (Wildman–Crippen LogP) is 1.93. The molecular weight excluding hydrogens is 310 g/mol. The fourth-order valence-electron chi connectivity index (χ4n) is 2.54. The lowest BCUT2D eigenvalue weighted by Crippen LogP contribution is -2.33. The first-order chi connectivity index (χ1) is 9.79. The van der Waals surface area contributed by atoms with Gasteiger partial charge in [-0.3, -0.25) is 0 Å². The normalized spacial score (nSPS) is 20.3. The zero-order valence-corrected chi connectivity index (χ0v) is 13.9. The molecule has 3 N–H and O–H groups in total. The van der Waals surface area contributed by atoms with Crippen molar-refractivity contribution in [1.82, 2.24) is 9.62 Å². The SMILES string of the molecule is CC(C)N1CCC(CNS(=O)(=O)c2ccc(N)cc2Cl)C1. The van der Waals surface area contributed by atoms with Crippen LogP contribution in [0.15, 0.2) is 23.1 Å². The lowest BCUT2D eigenvalue weighted by atomic mass is 10.1. The van der Waals surface area contributed by atoms with Gasteiger partial charge in [0.2, 0.25) is 10.0 Å². The highest BCUT2D eigenvalue weighted by atomic mass is 35.5. The Bertz CT molecular complexity index is 604. The van der Waals surface area contributed by atoms with Crippen molar-refractivity contribution in [1.29, 1.82) is 0 Å². The third kappa shape index (κ3) is 4.10. The van der Waals surface area contributed by atoms with Crippen LogP contribution in [0.1, 0.15) is 20.3 Å². The van der Waals surface area contributed by atoms with E-state index in [1.165, 1.54) is 18.2 Å². The minimum atomic E-state index is -3.59. The Hall–Kier alpha value is -0.820. The molecule has 1 aromatic rings. The van der Waals surface area contributed by atoms with E-state index in [2.05, 4.69) is 23.5 Å². The lowest BCUT2D eigenvalue weighted by molar-refractivity contribution is 0.265. The summed E-state index contributed by atoms with van der Waals surface area (Å²) in [5.74, 6) is 0.342. The van der Waals surface area contributed by atoms with E-state index in [0.717, 1.165) is 19.5 Å². The Labute approximate surface area is 131 Å². The largest absolute Gasteiger partial charge is 0.399 e. The summed E-state index contributed by atoms with van der Waals surface area (Å²) >= 11 is 5.97. The molecular formula is C14H22ClN3O2S. The average Bonchev–Trinajstić information content (AvgIpc) is 2.85. The van der Waals surface area contributed by atoms with Gasteiger partial charge >= 0.3 is 0 Å². The number of nitrogens with zero attached hydrogens (tertiary/aromatic N) is 1. The van der Waals surface area contributed by atoms with Crippen molar-refractivity contribution in [3.63, 3.8) is 0 Å². The van der Waals surface area contributed by atoms with Gasteiger partial charge < -0.3 is 10.6 Å². The van der Waals surface area contributed by atoms with Gasteiger partial charge in [0.05, 0.1) is 5.02 Å². The topological polar surface area (TPSA) is 75.4 Å². The second-order valence-corrected chi connectivity index (χ2v) is 7.93. The molecule has 0 bridgehead atoms. The molecule has 0 saturated carbocycles. The molecule has 1 aliphatic rings. The van der Waals surface area contributed by atoms with Gasteiger partial charge in [0.1, 0.15) is 4.90 Å². The molecule has 7 heteroatoms. The van der Waals surface area contributed by atoms with Gasteiger partial charge in [-0.05, 0) is 50.9 Å². The van der Waals surface area contributed by atoms with Crippen LogP contribution in [0.4, 0.5) is 5.69 Å². The molecule has 0 aliphatic carbocycles. The number of nitrogens with two attached hydrogens (primary N) is 1. The molecule has 1 aromatic carbocycles. The minimum absolute atomic E-state index is 0.0806. The van der Waals surface area contributed by atoms with Gasteiger partial charge in [0.15, 0.2) is 0 Å². The van der Waals surface area contributed by atoms with Gasteiger partial charge in [0.25, 0.3) is 0 Å². The Morgan fingerprint density at radius 2 is 2.19 bits per heavy atom. The molecule has 1 unspecified atom stereocenters. The number of nitrogens with one attached hydrogen (secondary N) is 1. The second kappa shape index (κ2) is 6.52.